The lowest BCUT2D eigenvalue weighted by Gasteiger charge is -2.13. The highest BCUT2D eigenvalue weighted by Crippen LogP contribution is 2.19. The van der Waals surface area contributed by atoms with E-state index < -0.39 is 11.0 Å². The molecule has 7 heteroatoms. The highest BCUT2D eigenvalue weighted by atomic mass is 16.6. The maximum absolute atomic E-state index is 10.6. The Kier molecular flexibility index (Phi) is 4.43. The number of nitro groups is 1. The number of anilines is 1. The Morgan fingerprint density at radius 2 is 2.10 bits per heavy atom. The van der Waals surface area contributed by atoms with E-state index in [2.05, 4.69) is 10.3 Å². The van der Waals surface area contributed by atoms with Gasteiger partial charge in [0.2, 0.25) is 0 Å². The number of pyridine rings is 1. The molecule has 1 aromatic heterocycles. The first-order valence-electron chi connectivity index (χ1n) is 6.13. The third-order valence-electron chi connectivity index (χ3n) is 2.88. The standard InChI is InChI=1S/C14H12N4O3/c15-8-11-2-1-7-16-14(11)17-9-13(19)10-3-5-12(6-4-10)18(20)21/h1-7,13,19H,9H2,(H,16,17). The largest absolute Gasteiger partial charge is 0.387 e. The molecular formula is C14H12N4O3. The molecule has 0 fully saturated rings. The summed E-state index contributed by atoms with van der Waals surface area (Å²) in [6, 6.07) is 10.9. The Balaban J connectivity index is 2.03. The van der Waals surface area contributed by atoms with Crippen molar-refractivity contribution in [2.75, 3.05) is 11.9 Å². The summed E-state index contributed by atoms with van der Waals surface area (Å²) in [5.41, 5.74) is 0.895. The minimum atomic E-state index is -0.862. The van der Waals surface area contributed by atoms with Crippen LogP contribution in [0.25, 0.3) is 0 Å². The molecule has 21 heavy (non-hydrogen) atoms. The molecule has 0 saturated carbocycles. The fraction of sp³-hybridized carbons (Fsp3) is 0.143. The van der Waals surface area contributed by atoms with Gasteiger partial charge >= 0.3 is 0 Å². The molecule has 1 aromatic carbocycles. The predicted octanol–water partition coefficient (Wildman–Crippen LogP) is 2.01. The molecule has 7 nitrogen and oxygen atoms in total. The second kappa shape index (κ2) is 6.45. The third-order valence-corrected chi connectivity index (χ3v) is 2.88. The molecule has 0 aliphatic heterocycles. The SMILES string of the molecule is N#Cc1cccnc1NCC(O)c1ccc([N+](=O)[O-])cc1. The van der Waals surface area contributed by atoms with E-state index in [1.807, 2.05) is 6.07 Å². The zero-order chi connectivity index (χ0) is 15.2. The van der Waals surface area contributed by atoms with Gasteiger partial charge in [0.05, 0.1) is 16.6 Å². The molecule has 0 aliphatic rings. The van der Waals surface area contributed by atoms with Crippen LogP contribution in [0.1, 0.15) is 17.2 Å². The van der Waals surface area contributed by atoms with Gasteiger partial charge in [0.25, 0.3) is 5.69 Å². The van der Waals surface area contributed by atoms with E-state index in [0.29, 0.717) is 16.9 Å². The summed E-state index contributed by atoms with van der Waals surface area (Å²) >= 11 is 0. The number of aromatic nitrogens is 1. The Morgan fingerprint density at radius 3 is 2.71 bits per heavy atom. The van der Waals surface area contributed by atoms with Crippen molar-refractivity contribution < 1.29 is 10.0 Å². The summed E-state index contributed by atoms with van der Waals surface area (Å²) in [6.07, 6.45) is 0.681. The van der Waals surface area contributed by atoms with Gasteiger partial charge in [0.1, 0.15) is 11.9 Å². The number of aliphatic hydroxyl groups is 1. The summed E-state index contributed by atoms with van der Waals surface area (Å²) in [6.45, 7) is 0.142. The Bertz CT molecular complexity index is 679. The molecule has 1 heterocycles. The Hall–Kier alpha value is -2.98. The molecule has 0 radical (unpaired) electrons. The van der Waals surface area contributed by atoms with Crippen molar-refractivity contribution in [2.24, 2.45) is 0 Å². The Labute approximate surface area is 120 Å². The molecule has 1 unspecified atom stereocenters. The van der Waals surface area contributed by atoms with Gasteiger partial charge in [-0.25, -0.2) is 4.98 Å². The summed E-state index contributed by atoms with van der Waals surface area (Å²) in [5.74, 6) is 0.390. The number of nitrogens with one attached hydrogen (secondary N) is 1. The lowest BCUT2D eigenvalue weighted by atomic mass is 10.1. The van der Waals surface area contributed by atoms with E-state index in [9.17, 15) is 15.2 Å². The molecule has 0 saturated heterocycles. The van der Waals surface area contributed by atoms with Crippen molar-refractivity contribution in [1.82, 2.24) is 4.98 Å². The van der Waals surface area contributed by atoms with Crippen LogP contribution in [0.2, 0.25) is 0 Å². The van der Waals surface area contributed by atoms with Gasteiger partial charge < -0.3 is 10.4 Å². The monoisotopic (exact) mass is 284 g/mol. The van der Waals surface area contributed by atoms with Gasteiger partial charge in [0, 0.05) is 24.9 Å². The van der Waals surface area contributed by atoms with Gasteiger partial charge in [-0.05, 0) is 29.8 Å². The van der Waals surface area contributed by atoms with Gasteiger partial charge in [-0.2, -0.15) is 5.26 Å². The molecule has 0 bridgehead atoms. The minimum absolute atomic E-state index is 0.0320. The van der Waals surface area contributed by atoms with Crippen molar-refractivity contribution in [1.29, 1.82) is 5.26 Å². The van der Waals surface area contributed by atoms with Crippen molar-refractivity contribution in [3.05, 3.63) is 63.8 Å². The molecule has 2 rings (SSSR count). The Morgan fingerprint density at radius 1 is 1.38 bits per heavy atom. The average molecular weight is 284 g/mol. The van der Waals surface area contributed by atoms with Crippen LogP contribution in [0, 0.1) is 21.4 Å². The zero-order valence-electron chi connectivity index (χ0n) is 10.9. The van der Waals surface area contributed by atoms with Crippen LogP contribution >= 0.6 is 0 Å². The number of benzene rings is 1. The topological polar surface area (TPSA) is 112 Å². The molecule has 106 valence electrons. The first kappa shape index (κ1) is 14.4. The normalized spacial score (nSPS) is 11.4. The van der Waals surface area contributed by atoms with Crippen molar-refractivity contribution in [3.63, 3.8) is 0 Å². The molecule has 1 atom stereocenters. The number of hydrogen-bond donors (Lipinski definition) is 2. The lowest BCUT2D eigenvalue weighted by molar-refractivity contribution is -0.384. The van der Waals surface area contributed by atoms with Crippen molar-refractivity contribution >= 4 is 11.5 Å². The average Bonchev–Trinajstić information content (AvgIpc) is 2.52. The number of hydrogen-bond acceptors (Lipinski definition) is 6. The van der Waals surface area contributed by atoms with E-state index in [1.165, 1.54) is 24.3 Å². The third kappa shape index (κ3) is 3.52. The van der Waals surface area contributed by atoms with Gasteiger partial charge in [-0.1, -0.05) is 0 Å². The van der Waals surface area contributed by atoms with Crippen LogP contribution < -0.4 is 5.32 Å². The fourth-order valence-electron chi connectivity index (χ4n) is 1.77. The number of nitro benzene ring substituents is 1. The van der Waals surface area contributed by atoms with E-state index in [4.69, 9.17) is 5.26 Å². The molecule has 2 aromatic rings. The highest BCUT2D eigenvalue weighted by molar-refractivity contribution is 5.51. The van der Waals surface area contributed by atoms with Crippen LogP contribution in [-0.2, 0) is 0 Å². The molecule has 0 amide bonds. The van der Waals surface area contributed by atoms with Crippen LogP contribution in [-0.4, -0.2) is 21.6 Å². The summed E-state index contributed by atoms with van der Waals surface area (Å²) in [4.78, 5) is 14.1. The molecule has 2 N–H and O–H groups in total. The van der Waals surface area contributed by atoms with Gasteiger partial charge in [-0.3, -0.25) is 10.1 Å². The predicted molar refractivity (Wildman–Crippen MR) is 75.5 cm³/mol. The van der Waals surface area contributed by atoms with Crippen LogP contribution in [0.3, 0.4) is 0 Å². The van der Waals surface area contributed by atoms with Gasteiger partial charge in [0.15, 0.2) is 0 Å². The lowest BCUT2D eigenvalue weighted by Crippen LogP contribution is -2.13. The first-order chi connectivity index (χ1) is 10.1. The molecular weight excluding hydrogens is 272 g/mol. The highest BCUT2D eigenvalue weighted by Gasteiger charge is 2.11. The van der Waals surface area contributed by atoms with E-state index in [0.717, 1.165) is 0 Å². The fourth-order valence-corrected chi connectivity index (χ4v) is 1.77. The first-order valence-corrected chi connectivity index (χ1v) is 6.13. The number of rotatable bonds is 5. The number of nitriles is 1. The zero-order valence-corrected chi connectivity index (χ0v) is 10.9. The van der Waals surface area contributed by atoms with Crippen LogP contribution in [0.15, 0.2) is 42.6 Å². The number of non-ortho nitro benzene ring substituents is 1. The smallest absolute Gasteiger partial charge is 0.269 e. The molecule has 0 aliphatic carbocycles. The van der Waals surface area contributed by atoms with E-state index in [1.54, 1.807) is 18.3 Å². The van der Waals surface area contributed by atoms with Crippen molar-refractivity contribution in [3.8, 4) is 6.07 Å². The summed E-state index contributed by atoms with van der Waals surface area (Å²) < 4.78 is 0. The second-order valence-corrected chi connectivity index (χ2v) is 4.26. The maximum atomic E-state index is 10.6. The maximum Gasteiger partial charge on any atom is 0.269 e. The minimum Gasteiger partial charge on any atom is -0.387 e. The number of nitrogens with zero attached hydrogens (tertiary/aromatic N) is 3. The summed E-state index contributed by atoms with van der Waals surface area (Å²) in [7, 11) is 0. The van der Waals surface area contributed by atoms with E-state index >= 15 is 0 Å². The van der Waals surface area contributed by atoms with Crippen LogP contribution in [0.5, 0.6) is 0 Å². The van der Waals surface area contributed by atoms with Crippen LogP contribution in [0.4, 0.5) is 11.5 Å². The van der Waals surface area contributed by atoms with Gasteiger partial charge in [-0.15, -0.1) is 0 Å². The van der Waals surface area contributed by atoms with Crippen molar-refractivity contribution in [2.45, 2.75) is 6.10 Å². The van der Waals surface area contributed by atoms with E-state index in [-0.39, 0.29) is 12.2 Å². The quantitative estimate of drug-likeness (QED) is 0.641. The summed E-state index contributed by atoms with van der Waals surface area (Å²) in [5, 5.41) is 32.4. The number of aliphatic hydroxyl groups excluding tert-OH is 1. The molecule has 0 spiro atoms. The second-order valence-electron chi connectivity index (χ2n) is 4.26.